The predicted octanol–water partition coefficient (Wildman–Crippen LogP) is 2.52. The molecule has 0 saturated carbocycles. The molecule has 0 atom stereocenters. The molecule has 0 aromatic heterocycles. The zero-order valence-electron chi connectivity index (χ0n) is 27.3. The van der Waals surface area contributed by atoms with E-state index in [0.29, 0.717) is 22.3 Å². The van der Waals surface area contributed by atoms with E-state index in [0.717, 1.165) is 22.3 Å². The smallest absolute Gasteiger partial charge is 0.870 e. The standard InChI is InChI=1S/C19H24O6.C15H16O2.CH2O.CH4.ClH.Na.H2O/c1-19(2,15-3-11(7-20)17(24)12(4-15)8-21)16-5-13(9-22)18(25)14(6-16)10-23;1-15(2,11-3-7-13(16)8-4-11)12-5-9-14(17)10-6-12;1-2;;;;/h3-6,20-25H,7-10H2,1-2H3;3-10,16-17H,1-2H3;1H2;1H4;1H;;1H2/q;;;;;+1;/p-1. The van der Waals surface area contributed by atoms with E-state index in [1.807, 2.05) is 44.9 Å². The van der Waals surface area contributed by atoms with Gasteiger partial charge in [-0.1, -0.05) is 59.4 Å². The summed E-state index contributed by atoms with van der Waals surface area (Å²) in [6.07, 6.45) is 0. The average Bonchev–Trinajstić information content (AvgIpc) is 3.02. The molecule has 0 aliphatic rings. The van der Waals surface area contributed by atoms with Gasteiger partial charge >= 0.3 is 29.6 Å². The number of aromatic hydroxyl groups is 4. The van der Waals surface area contributed by atoms with Gasteiger partial charge in [0.05, 0.1) is 26.4 Å². The van der Waals surface area contributed by atoms with Gasteiger partial charge in [-0.15, -0.1) is 12.4 Å². The summed E-state index contributed by atoms with van der Waals surface area (Å²) in [5, 5.41) is 76.5. The number of phenols is 4. The van der Waals surface area contributed by atoms with Crippen molar-refractivity contribution in [2.24, 2.45) is 0 Å². The SMILES string of the molecule is C.C=O.CC(C)(c1cc(CO)c(O)c(CO)c1)c1cc(CO)c(O)c(CO)c1.CC(C)(c1ccc(O)cc1)c1ccc(O)cc1.Cl.[Na+].[OH-]. The molecule has 4 aromatic carbocycles. The molecule has 0 spiro atoms. The van der Waals surface area contributed by atoms with E-state index < -0.39 is 5.41 Å². The van der Waals surface area contributed by atoms with Crippen molar-refractivity contribution in [3.05, 3.63) is 117 Å². The first-order valence-electron chi connectivity index (χ1n) is 13.8. The van der Waals surface area contributed by atoms with Crippen LogP contribution < -0.4 is 29.6 Å². The first-order chi connectivity index (χ1) is 20.8. The number of carbonyl (C=O) groups is 1. The minimum absolute atomic E-state index is 0. The molecule has 4 rings (SSSR count). The van der Waals surface area contributed by atoms with Crippen LogP contribution in [0.3, 0.4) is 0 Å². The van der Waals surface area contributed by atoms with E-state index in [1.165, 1.54) is 0 Å². The Balaban J connectivity index is -0.000000780. The van der Waals surface area contributed by atoms with Crippen molar-refractivity contribution < 1.29 is 80.7 Å². The number of carbonyl (C=O) groups excluding carboxylic acids is 1. The van der Waals surface area contributed by atoms with Crippen molar-refractivity contribution >= 4 is 19.2 Å². The minimum Gasteiger partial charge on any atom is -0.870 e. The van der Waals surface area contributed by atoms with Crippen LogP contribution in [0, 0.1) is 0 Å². The molecule has 0 unspecified atom stereocenters. The monoisotopic (exact) mass is 698 g/mol. The second-order valence-corrected chi connectivity index (χ2v) is 11.3. The van der Waals surface area contributed by atoms with Crippen LogP contribution in [0.2, 0.25) is 0 Å². The van der Waals surface area contributed by atoms with Gasteiger partial charge in [0.2, 0.25) is 0 Å². The fourth-order valence-electron chi connectivity index (χ4n) is 4.81. The summed E-state index contributed by atoms with van der Waals surface area (Å²) in [5.41, 5.74) is 4.15. The van der Waals surface area contributed by atoms with Crippen molar-refractivity contribution in [2.45, 2.75) is 72.4 Å². The van der Waals surface area contributed by atoms with Crippen LogP contribution in [0.25, 0.3) is 0 Å². The summed E-state index contributed by atoms with van der Waals surface area (Å²) in [5.74, 6) is 0.273. The van der Waals surface area contributed by atoms with Crippen LogP contribution in [-0.2, 0) is 42.1 Å². The normalized spacial score (nSPS) is 10.2. The molecule has 0 aliphatic heterocycles. The first-order valence-corrected chi connectivity index (χ1v) is 13.8. The largest absolute Gasteiger partial charge is 1.00 e. The van der Waals surface area contributed by atoms with Crippen LogP contribution in [-0.4, -0.2) is 53.1 Å². The van der Waals surface area contributed by atoms with Gasteiger partial charge in [0.1, 0.15) is 29.8 Å². The maximum atomic E-state index is 10.0. The number of benzene rings is 4. The second kappa shape index (κ2) is 21.7. The van der Waals surface area contributed by atoms with Crippen LogP contribution >= 0.6 is 12.4 Å². The zero-order valence-corrected chi connectivity index (χ0v) is 30.1. The molecule has 4 aromatic rings. The molecule has 0 bridgehead atoms. The Morgan fingerprint density at radius 1 is 0.500 bits per heavy atom. The second-order valence-electron chi connectivity index (χ2n) is 11.3. The Morgan fingerprint density at radius 3 is 0.917 bits per heavy atom. The van der Waals surface area contributed by atoms with Crippen molar-refractivity contribution in [3.8, 4) is 23.0 Å². The van der Waals surface area contributed by atoms with Gasteiger partial charge in [0.15, 0.2) is 0 Å². The van der Waals surface area contributed by atoms with Gasteiger partial charge in [0.25, 0.3) is 0 Å². The fourth-order valence-corrected chi connectivity index (χ4v) is 4.81. The van der Waals surface area contributed by atoms with Gasteiger partial charge in [-0.05, 0) is 70.8 Å². The number of aliphatic hydroxyl groups excluding tert-OH is 4. The maximum Gasteiger partial charge on any atom is 1.00 e. The Labute approximate surface area is 311 Å². The van der Waals surface area contributed by atoms with Gasteiger partial charge < -0.3 is 51.1 Å². The quantitative estimate of drug-likeness (QED) is 0.126. The minimum atomic E-state index is -0.636. The van der Waals surface area contributed by atoms with E-state index in [-0.39, 0.29) is 110 Å². The van der Waals surface area contributed by atoms with Crippen molar-refractivity contribution in [2.75, 3.05) is 0 Å². The van der Waals surface area contributed by atoms with Crippen LogP contribution in [0.15, 0.2) is 72.8 Å². The third-order valence-electron chi connectivity index (χ3n) is 7.84. The number of hydrogen-bond donors (Lipinski definition) is 8. The molecule has 0 radical (unpaired) electrons. The number of rotatable bonds is 8. The summed E-state index contributed by atoms with van der Waals surface area (Å²) in [6.45, 7) is 8.54. The third kappa shape index (κ3) is 11.5. The van der Waals surface area contributed by atoms with Gasteiger partial charge in [0, 0.05) is 33.1 Å². The van der Waals surface area contributed by atoms with E-state index >= 15 is 0 Å². The van der Waals surface area contributed by atoms with E-state index in [9.17, 15) is 40.9 Å². The van der Waals surface area contributed by atoms with Gasteiger partial charge in [-0.3, -0.25) is 0 Å². The van der Waals surface area contributed by atoms with E-state index in [4.69, 9.17) is 4.79 Å². The molecule has 9 N–H and O–H groups in total. The van der Waals surface area contributed by atoms with Crippen molar-refractivity contribution in [1.82, 2.24) is 0 Å². The Hall–Kier alpha value is -3.16. The Bertz CT molecular complexity index is 1360. The molecule has 260 valence electrons. The molecule has 0 aliphatic carbocycles. The predicted molar refractivity (Wildman–Crippen MR) is 183 cm³/mol. The summed E-state index contributed by atoms with van der Waals surface area (Å²) in [6, 6.07) is 21.0. The molecule has 0 saturated heterocycles. The van der Waals surface area contributed by atoms with E-state index in [1.54, 1.807) is 48.5 Å². The first kappa shape index (κ1) is 49.2. The zero-order chi connectivity index (χ0) is 33.2. The molecule has 0 amide bonds. The van der Waals surface area contributed by atoms with Gasteiger partial charge in [-0.2, -0.15) is 0 Å². The van der Waals surface area contributed by atoms with E-state index in [2.05, 4.69) is 13.8 Å². The van der Waals surface area contributed by atoms with Crippen LogP contribution in [0.5, 0.6) is 23.0 Å². The Morgan fingerprint density at radius 2 is 0.708 bits per heavy atom. The van der Waals surface area contributed by atoms with Crippen LogP contribution in [0.4, 0.5) is 0 Å². The summed E-state index contributed by atoms with van der Waals surface area (Å²) in [4.78, 5) is 8.00. The average molecular weight is 699 g/mol. The molecule has 12 heteroatoms. The third-order valence-corrected chi connectivity index (χ3v) is 7.84. The molecular formula is C36H48ClNaO10. The van der Waals surface area contributed by atoms with Crippen molar-refractivity contribution in [1.29, 1.82) is 0 Å². The van der Waals surface area contributed by atoms with Crippen LogP contribution in [0.1, 0.15) is 79.6 Å². The molecule has 48 heavy (non-hydrogen) atoms. The number of halogens is 1. The molecule has 0 heterocycles. The number of aliphatic hydroxyl groups is 4. The summed E-state index contributed by atoms with van der Waals surface area (Å²) < 4.78 is 0. The Kier molecular flexibility index (Phi) is 22.3. The summed E-state index contributed by atoms with van der Waals surface area (Å²) >= 11 is 0. The summed E-state index contributed by atoms with van der Waals surface area (Å²) in [7, 11) is 0. The molecule has 10 nitrogen and oxygen atoms in total. The van der Waals surface area contributed by atoms with Crippen molar-refractivity contribution in [3.63, 3.8) is 0 Å². The maximum absolute atomic E-state index is 10.0. The molecular weight excluding hydrogens is 651 g/mol. The topological polar surface area (TPSA) is 209 Å². The van der Waals surface area contributed by atoms with Gasteiger partial charge in [-0.25, -0.2) is 0 Å². The number of hydrogen-bond acceptors (Lipinski definition) is 10. The molecule has 0 fully saturated rings. The number of phenolic OH excluding ortho intramolecular Hbond substituents is 2. The fraction of sp³-hybridized carbons (Fsp3) is 0.306.